The summed E-state index contributed by atoms with van der Waals surface area (Å²) < 4.78 is 33.1. The largest absolute Gasteiger partial charge is 0.494 e. The zero-order valence-corrected chi connectivity index (χ0v) is 25.7. The first-order valence-electron chi connectivity index (χ1n) is 13.9. The minimum absolute atomic E-state index is 0.119. The molecule has 0 bridgehead atoms. The van der Waals surface area contributed by atoms with Gasteiger partial charge in [0.05, 0.1) is 30.0 Å². The Labute approximate surface area is 246 Å². The van der Waals surface area contributed by atoms with Crippen LogP contribution in [0, 0.1) is 5.82 Å². The average Bonchev–Trinajstić information content (AvgIpc) is 2.95. The van der Waals surface area contributed by atoms with Crippen LogP contribution in [0.5, 0.6) is 5.75 Å². The van der Waals surface area contributed by atoms with Gasteiger partial charge in [0, 0.05) is 57.1 Å². The molecule has 0 amide bonds. The molecule has 220 valence electrons. The molecule has 0 saturated carbocycles. The van der Waals surface area contributed by atoms with Gasteiger partial charge in [0.15, 0.2) is 5.82 Å². The lowest BCUT2D eigenvalue weighted by molar-refractivity contribution is 0.0982. The second-order valence-electron chi connectivity index (χ2n) is 11.1. The van der Waals surface area contributed by atoms with Crippen molar-refractivity contribution in [1.29, 1.82) is 0 Å². The van der Waals surface area contributed by atoms with Crippen LogP contribution in [0.4, 0.5) is 33.2 Å². The van der Waals surface area contributed by atoms with Crippen LogP contribution in [0.3, 0.4) is 0 Å². The molecule has 0 unspecified atom stereocenters. The highest BCUT2D eigenvalue weighted by Crippen LogP contribution is 2.40. The van der Waals surface area contributed by atoms with Crippen molar-refractivity contribution < 1.29 is 13.7 Å². The van der Waals surface area contributed by atoms with Crippen LogP contribution in [-0.4, -0.2) is 92.6 Å². The van der Waals surface area contributed by atoms with Gasteiger partial charge in [0.2, 0.25) is 5.95 Å². The van der Waals surface area contributed by atoms with Crippen LogP contribution in [0.1, 0.15) is 12.8 Å². The number of anilines is 5. The van der Waals surface area contributed by atoms with Crippen molar-refractivity contribution in [2.24, 2.45) is 0 Å². The molecular formula is C29H38ClFN7O2P. The van der Waals surface area contributed by atoms with E-state index in [9.17, 15) is 8.96 Å². The third-order valence-electron chi connectivity index (χ3n) is 7.84. The molecule has 0 spiro atoms. The lowest BCUT2D eigenvalue weighted by atomic mass is 10.0. The van der Waals surface area contributed by atoms with Gasteiger partial charge in [-0.1, -0.05) is 17.7 Å². The van der Waals surface area contributed by atoms with E-state index in [0.29, 0.717) is 23.2 Å². The first kappa shape index (κ1) is 29.6. The summed E-state index contributed by atoms with van der Waals surface area (Å²) in [6.07, 6.45) is 3.76. The molecule has 12 heteroatoms. The first-order valence-corrected chi connectivity index (χ1v) is 16.9. The molecule has 1 aromatic heterocycles. The molecule has 0 radical (unpaired) electrons. The number of likely N-dealkylation sites (N-methyl/N-ethyl adjacent to an activating group) is 1. The van der Waals surface area contributed by atoms with Gasteiger partial charge in [-0.3, -0.25) is 4.90 Å². The Bertz CT molecular complexity index is 1420. The van der Waals surface area contributed by atoms with Gasteiger partial charge in [-0.2, -0.15) is 4.98 Å². The van der Waals surface area contributed by atoms with Gasteiger partial charge in [-0.05, 0) is 57.5 Å². The molecule has 5 rings (SSSR count). The Kier molecular flexibility index (Phi) is 9.04. The first-order chi connectivity index (χ1) is 19.6. The van der Waals surface area contributed by atoms with Crippen LogP contribution < -0.4 is 25.6 Å². The summed E-state index contributed by atoms with van der Waals surface area (Å²) in [7, 11) is 0.916. The Morgan fingerprint density at radius 1 is 1.02 bits per heavy atom. The number of nitrogens with one attached hydrogen (secondary N) is 2. The summed E-state index contributed by atoms with van der Waals surface area (Å²) in [5, 5.41) is 6.62. The zero-order chi connectivity index (χ0) is 29.1. The maximum Gasteiger partial charge on any atom is 0.229 e. The van der Waals surface area contributed by atoms with E-state index in [1.807, 2.05) is 12.1 Å². The van der Waals surface area contributed by atoms with Gasteiger partial charge in [-0.25, -0.2) is 9.37 Å². The highest BCUT2D eigenvalue weighted by Gasteiger charge is 2.27. The molecule has 2 N–H and O–H groups in total. The maximum absolute atomic E-state index is 14.6. The fourth-order valence-corrected chi connectivity index (χ4v) is 7.02. The summed E-state index contributed by atoms with van der Waals surface area (Å²) in [5.74, 6) is 0.677. The van der Waals surface area contributed by atoms with Gasteiger partial charge in [0.1, 0.15) is 23.7 Å². The molecule has 3 heterocycles. The van der Waals surface area contributed by atoms with E-state index in [-0.39, 0.29) is 22.1 Å². The third kappa shape index (κ3) is 6.95. The number of benzene rings is 2. The summed E-state index contributed by atoms with van der Waals surface area (Å²) in [5.41, 5.74) is 2.17. The minimum Gasteiger partial charge on any atom is -0.494 e. The monoisotopic (exact) mass is 601 g/mol. The normalized spacial score (nSPS) is 17.5. The second-order valence-corrected chi connectivity index (χ2v) is 14.6. The number of hydrogen-bond donors (Lipinski definition) is 2. The highest BCUT2D eigenvalue weighted by atomic mass is 35.5. The van der Waals surface area contributed by atoms with Gasteiger partial charge < -0.3 is 29.7 Å². The second kappa shape index (κ2) is 12.5. The number of hydrogen-bond acceptors (Lipinski definition) is 9. The molecule has 2 aliphatic heterocycles. The third-order valence-corrected chi connectivity index (χ3v) is 9.65. The molecule has 9 nitrogen and oxygen atoms in total. The predicted octanol–water partition coefficient (Wildman–Crippen LogP) is 5.23. The van der Waals surface area contributed by atoms with Crippen molar-refractivity contribution >= 4 is 52.9 Å². The molecule has 2 saturated heterocycles. The molecule has 2 aliphatic rings. The van der Waals surface area contributed by atoms with Crippen LogP contribution in [0.2, 0.25) is 5.02 Å². The quantitative estimate of drug-likeness (QED) is 0.337. The lowest BCUT2D eigenvalue weighted by Crippen LogP contribution is -2.52. The molecule has 0 atom stereocenters. The van der Waals surface area contributed by atoms with E-state index >= 15 is 0 Å². The molecule has 2 aromatic carbocycles. The summed E-state index contributed by atoms with van der Waals surface area (Å²) in [4.78, 5) is 16.3. The maximum atomic E-state index is 14.6. The Balaban J connectivity index is 1.28. The zero-order valence-electron chi connectivity index (χ0n) is 24.0. The number of nitrogens with zero attached hydrogens (tertiary/aromatic N) is 5. The van der Waals surface area contributed by atoms with Crippen molar-refractivity contribution in [2.45, 2.75) is 18.9 Å². The van der Waals surface area contributed by atoms with Crippen molar-refractivity contribution in [3.8, 4) is 5.75 Å². The van der Waals surface area contributed by atoms with Crippen LogP contribution >= 0.6 is 18.7 Å². The molecular weight excluding hydrogens is 564 g/mol. The van der Waals surface area contributed by atoms with E-state index in [2.05, 4.69) is 48.4 Å². The molecule has 3 aromatic rings. The van der Waals surface area contributed by atoms with Crippen molar-refractivity contribution in [3.05, 3.63) is 53.4 Å². The van der Waals surface area contributed by atoms with Crippen LogP contribution in [-0.2, 0) is 4.57 Å². The van der Waals surface area contributed by atoms with E-state index in [1.54, 1.807) is 19.2 Å². The topological polar surface area (TPSA) is 85.9 Å². The Morgan fingerprint density at radius 2 is 1.76 bits per heavy atom. The summed E-state index contributed by atoms with van der Waals surface area (Å²) in [6, 6.07) is 11.2. The Hall–Kier alpha value is -2.91. The SMILES string of the molecule is COc1cc(N2CCC(N3CCN(C)CC3)CC2)ccc1Nc1ncc(Cl)c(Nc2cccc(F)c2P(C)(C)=O)n1. The summed E-state index contributed by atoms with van der Waals surface area (Å²) >= 11 is 6.37. The minimum atomic E-state index is -2.92. The number of piperidine rings is 1. The number of piperazine rings is 1. The molecule has 0 aliphatic carbocycles. The van der Waals surface area contributed by atoms with E-state index in [1.165, 1.54) is 25.6 Å². The fourth-order valence-electron chi connectivity index (χ4n) is 5.58. The van der Waals surface area contributed by atoms with Crippen molar-refractivity contribution in [1.82, 2.24) is 19.8 Å². The van der Waals surface area contributed by atoms with Crippen molar-refractivity contribution in [3.63, 3.8) is 0 Å². The lowest BCUT2D eigenvalue weighted by Gasteiger charge is -2.42. The van der Waals surface area contributed by atoms with Crippen molar-refractivity contribution in [2.75, 3.05) is 82.3 Å². The number of rotatable bonds is 8. The average molecular weight is 602 g/mol. The van der Waals surface area contributed by atoms with E-state index < -0.39 is 13.0 Å². The van der Waals surface area contributed by atoms with Gasteiger partial charge >= 0.3 is 0 Å². The predicted molar refractivity (Wildman–Crippen MR) is 166 cm³/mol. The van der Waals surface area contributed by atoms with Crippen LogP contribution in [0.15, 0.2) is 42.6 Å². The number of ether oxygens (including phenoxy) is 1. The molecule has 2 fully saturated rings. The number of methoxy groups -OCH3 is 1. The smallest absolute Gasteiger partial charge is 0.229 e. The molecule has 41 heavy (non-hydrogen) atoms. The fraction of sp³-hybridized carbons (Fsp3) is 0.448. The summed E-state index contributed by atoms with van der Waals surface area (Å²) in [6.45, 7) is 9.66. The van der Waals surface area contributed by atoms with E-state index in [0.717, 1.165) is 57.8 Å². The number of halogens is 2. The van der Waals surface area contributed by atoms with Crippen LogP contribution in [0.25, 0.3) is 0 Å². The Morgan fingerprint density at radius 3 is 2.44 bits per heavy atom. The van der Waals surface area contributed by atoms with Gasteiger partial charge in [-0.15, -0.1) is 0 Å². The van der Waals surface area contributed by atoms with Gasteiger partial charge in [0.25, 0.3) is 0 Å². The highest BCUT2D eigenvalue weighted by molar-refractivity contribution is 7.70. The standard InChI is InChI=1S/C29H38ClFN7O2P/c1-36-14-16-38(17-15-36)20-10-12-37(13-11-20)21-8-9-24(26(18-21)40-2)34-29-32-19-22(30)28(35-29)33-25-7-5-6-23(31)27(25)41(3,4)39/h5-9,18-20H,10-17H2,1-4H3,(H2,32,33,34,35). The number of aromatic nitrogens is 2. The van der Waals surface area contributed by atoms with E-state index in [4.69, 9.17) is 16.3 Å².